The van der Waals surface area contributed by atoms with E-state index in [2.05, 4.69) is 26.7 Å². The number of nitrogens with zero attached hydrogens (tertiary/aromatic N) is 4. The minimum Gasteiger partial charge on any atom is -0.396 e. The van der Waals surface area contributed by atoms with Gasteiger partial charge >= 0.3 is 6.03 Å². The number of hydrogen-bond acceptors (Lipinski definition) is 6. The van der Waals surface area contributed by atoms with Gasteiger partial charge in [-0.05, 0) is 67.1 Å². The molecule has 0 saturated heterocycles. The molecule has 4 aromatic rings. The lowest BCUT2D eigenvalue weighted by Crippen LogP contribution is -2.48. The van der Waals surface area contributed by atoms with Crippen molar-refractivity contribution in [2.75, 3.05) is 16.8 Å². The zero-order valence-corrected chi connectivity index (χ0v) is 22.9. The fraction of sp³-hybridized carbons (Fsp3) is 0.273. The van der Waals surface area contributed by atoms with Crippen LogP contribution in [0.5, 0.6) is 0 Å². The van der Waals surface area contributed by atoms with E-state index in [4.69, 9.17) is 10.4 Å². The summed E-state index contributed by atoms with van der Waals surface area (Å²) in [5, 5.41) is 24.8. The molecule has 208 valence electrons. The molecular formula is C33H34N6O2. The average Bonchev–Trinajstić information content (AvgIpc) is 3.03. The third-order valence-corrected chi connectivity index (χ3v) is 7.48. The monoisotopic (exact) mass is 546 g/mol. The average molecular weight is 547 g/mol. The maximum Gasteiger partial charge on any atom is 0.322 e. The second kappa shape index (κ2) is 13.6. The Morgan fingerprint density at radius 2 is 1.66 bits per heavy atom. The molecule has 0 radical (unpaired) electrons. The topological polar surface area (TPSA) is 114 Å². The predicted molar refractivity (Wildman–Crippen MR) is 160 cm³/mol. The molecule has 41 heavy (non-hydrogen) atoms. The minimum atomic E-state index is -0.109. The molecule has 1 saturated carbocycles. The van der Waals surface area contributed by atoms with Crippen LogP contribution in [-0.4, -0.2) is 39.8 Å². The van der Waals surface area contributed by atoms with Crippen molar-refractivity contribution in [3.05, 3.63) is 108 Å². The molecule has 0 atom stereocenters. The van der Waals surface area contributed by atoms with Gasteiger partial charge in [-0.15, -0.1) is 0 Å². The van der Waals surface area contributed by atoms with Gasteiger partial charge in [-0.25, -0.2) is 9.78 Å². The van der Waals surface area contributed by atoms with Crippen LogP contribution in [0.4, 0.5) is 16.3 Å². The van der Waals surface area contributed by atoms with Crippen molar-refractivity contribution in [2.45, 2.75) is 50.7 Å². The fourth-order valence-electron chi connectivity index (χ4n) is 5.26. The number of benzene rings is 2. The van der Waals surface area contributed by atoms with E-state index in [1.54, 1.807) is 12.3 Å². The van der Waals surface area contributed by atoms with Gasteiger partial charge in [0, 0.05) is 61.0 Å². The van der Waals surface area contributed by atoms with Crippen molar-refractivity contribution >= 4 is 17.5 Å². The van der Waals surface area contributed by atoms with Gasteiger partial charge in [0.25, 0.3) is 0 Å². The van der Waals surface area contributed by atoms with E-state index in [0.29, 0.717) is 18.5 Å². The second-order valence-corrected chi connectivity index (χ2v) is 10.3. The van der Waals surface area contributed by atoms with E-state index < -0.39 is 0 Å². The highest BCUT2D eigenvalue weighted by molar-refractivity contribution is 5.93. The van der Waals surface area contributed by atoms with Gasteiger partial charge in [0.1, 0.15) is 11.9 Å². The van der Waals surface area contributed by atoms with Gasteiger partial charge in [-0.3, -0.25) is 9.88 Å². The van der Waals surface area contributed by atoms with Gasteiger partial charge < -0.3 is 15.7 Å². The molecule has 2 heterocycles. The summed E-state index contributed by atoms with van der Waals surface area (Å²) >= 11 is 0. The molecule has 3 N–H and O–H groups in total. The summed E-state index contributed by atoms with van der Waals surface area (Å²) in [7, 11) is 0. The Kier molecular flexibility index (Phi) is 9.19. The zero-order chi connectivity index (χ0) is 28.4. The zero-order valence-electron chi connectivity index (χ0n) is 22.9. The smallest absolute Gasteiger partial charge is 0.322 e. The Morgan fingerprint density at radius 3 is 2.29 bits per heavy atom. The summed E-state index contributed by atoms with van der Waals surface area (Å²) in [5.74, 6) is 0.763. The Bertz CT molecular complexity index is 1440. The van der Waals surface area contributed by atoms with E-state index in [-0.39, 0.29) is 24.7 Å². The van der Waals surface area contributed by atoms with Gasteiger partial charge in [0.15, 0.2) is 0 Å². The molecule has 1 aliphatic rings. The Balaban J connectivity index is 1.29. The van der Waals surface area contributed by atoms with Crippen LogP contribution < -0.4 is 15.5 Å². The molecule has 2 aromatic heterocycles. The summed E-state index contributed by atoms with van der Waals surface area (Å²) < 4.78 is 0. The number of carbonyl (C=O) groups excluding carboxylic acids is 1. The molecular weight excluding hydrogens is 512 g/mol. The lowest BCUT2D eigenvalue weighted by molar-refractivity contribution is 0.240. The van der Waals surface area contributed by atoms with Crippen molar-refractivity contribution in [3.63, 3.8) is 0 Å². The summed E-state index contributed by atoms with van der Waals surface area (Å²) in [4.78, 5) is 24.3. The van der Waals surface area contributed by atoms with Crippen molar-refractivity contribution < 1.29 is 9.90 Å². The number of rotatable bonds is 9. The molecule has 1 fully saturated rings. The van der Waals surface area contributed by atoms with E-state index in [0.717, 1.165) is 59.6 Å². The third kappa shape index (κ3) is 7.27. The quantitative estimate of drug-likeness (QED) is 0.249. The molecule has 2 aromatic carbocycles. The molecule has 8 heteroatoms. The molecule has 1 aliphatic carbocycles. The predicted octanol–water partition coefficient (Wildman–Crippen LogP) is 5.69. The van der Waals surface area contributed by atoms with Crippen molar-refractivity contribution in [1.82, 2.24) is 15.3 Å². The van der Waals surface area contributed by atoms with Crippen molar-refractivity contribution in [2.24, 2.45) is 0 Å². The highest BCUT2D eigenvalue weighted by atomic mass is 16.3. The summed E-state index contributed by atoms with van der Waals surface area (Å²) in [6, 6.07) is 27.8. The van der Waals surface area contributed by atoms with Crippen LogP contribution >= 0.6 is 0 Å². The van der Waals surface area contributed by atoms with E-state index >= 15 is 0 Å². The lowest BCUT2D eigenvalue weighted by Gasteiger charge is -2.37. The Morgan fingerprint density at radius 1 is 0.902 bits per heavy atom. The normalized spacial score (nSPS) is 16.4. The standard InChI is InChI=1S/C33H34N6O2/c34-20-25-6-17-32(36-22-25)38-29-11-15-31(16-12-29)39(33(41)37-21-24-4-2-1-3-5-24)30-13-8-26(9-14-30)27-7-10-28(18-19-40)35-23-27/h1-10,13-14,17,22-23,29,31,40H,11-12,15-16,18-19,21H2,(H,36,38)(H,37,41). The molecule has 2 amide bonds. The summed E-state index contributed by atoms with van der Waals surface area (Å²) in [5.41, 5.74) is 5.31. The number of aliphatic hydroxyl groups is 1. The van der Waals surface area contributed by atoms with E-state index in [9.17, 15) is 4.79 Å². The van der Waals surface area contributed by atoms with Crippen LogP contribution in [0.1, 0.15) is 42.5 Å². The number of nitrogens with one attached hydrogen (secondary N) is 2. The molecule has 0 spiro atoms. The number of aromatic nitrogens is 2. The molecule has 0 unspecified atom stereocenters. The second-order valence-electron chi connectivity index (χ2n) is 10.3. The van der Waals surface area contributed by atoms with Crippen LogP contribution in [0.25, 0.3) is 11.1 Å². The number of aliphatic hydroxyl groups excluding tert-OH is 1. The van der Waals surface area contributed by atoms with Gasteiger partial charge in [0.05, 0.1) is 5.56 Å². The SMILES string of the molecule is N#Cc1ccc(NC2CCC(N(C(=O)NCc3ccccc3)c3ccc(-c4ccc(CCO)nc4)cc3)CC2)nc1. The molecule has 0 aliphatic heterocycles. The number of pyridine rings is 2. The Labute approximate surface area is 240 Å². The maximum atomic E-state index is 13.6. The number of hydrogen-bond donors (Lipinski definition) is 3. The maximum absolute atomic E-state index is 13.6. The number of amides is 2. The van der Waals surface area contributed by atoms with Gasteiger partial charge in [-0.1, -0.05) is 48.5 Å². The third-order valence-electron chi connectivity index (χ3n) is 7.48. The van der Waals surface area contributed by atoms with Gasteiger partial charge in [-0.2, -0.15) is 5.26 Å². The molecule has 8 nitrogen and oxygen atoms in total. The Hall–Kier alpha value is -4.74. The minimum absolute atomic E-state index is 0.0584. The van der Waals surface area contributed by atoms with Crippen LogP contribution in [-0.2, 0) is 13.0 Å². The highest BCUT2D eigenvalue weighted by Gasteiger charge is 2.30. The van der Waals surface area contributed by atoms with Crippen LogP contribution in [0.2, 0.25) is 0 Å². The lowest BCUT2D eigenvalue weighted by atomic mass is 9.89. The summed E-state index contributed by atoms with van der Waals surface area (Å²) in [6.07, 6.45) is 7.44. The van der Waals surface area contributed by atoms with Crippen molar-refractivity contribution in [3.8, 4) is 17.2 Å². The van der Waals surface area contributed by atoms with E-state index in [1.165, 1.54) is 0 Å². The van der Waals surface area contributed by atoms with Crippen LogP contribution in [0.3, 0.4) is 0 Å². The first-order chi connectivity index (χ1) is 20.1. The summed E-state index contributed by atoms with van der Waals surface area (Å²) in [6.45, 7) is 0.537. The van der Waals surface area contributed by atoms with Gasteiger partial charge in [0.2, 0.25) is 0 Å². The first kappa shape index (κ1) is 27.8. The number of anilines is 2. The number of nitriles is 1. The number of carbonyl (C=O) groups is 1. The molecule has 5 rings (SSSR count). The molecule has 0 bridgehead atoms. The highest BCUT2D eigenvalue weighted by Crippen LogP contribution is 2.31. The first-order valence-corrected chi connectivity index (χ1v) is 14.0. The van der Waals surface area contributed by atoms with E-state index in [1.807, 2.05) is 83.9 Å². The fourth-order valence-corrected chi connectivity index (χ4v) is 5.26. The largest absolute Gasteiger partial charge is 0.396 e. The first-order valence-electron chi connectivity index (χ1n) is 14.0. The van der Waals surface area contributed by atoms with Crippen LogP contribution in [0.15, 0.2) is 91.3 Å². The van der Waals surface area contributed by atoms with Crippen LogP contribution in [0, 0.1) is 11.3 Å². The van der Waals surface area contributed by atoms with Crippen molar-refractivity contribution in [1.29, 1.82) is 5.26 Å². The number of urea groups is 1.